The topological polar surface area (TPSA) is 36.4 Å². The van der Waals surface area contributed by atoms with Crippen molar-refractivity contribution in [3.63, 3.8) is 0 Å². The molecular formula is C15H24F2IN3S. The van der Waals surface area contributed by atoms with Gasteiger partial charge in [-0.3, -0.25) is 4.99 Å². The van der Waals surface area contributed by atoms with E-state index < -0.39 is 5.82 Å². The van der Waals surface area contributed by atoms with Crippen molar-refractivity contribution < 1.29 is 8.78 Å². The quantitative estimate of drug-likeness (QED) is 0.402. The van der Waals surface area contributed by atoms with Crippen LogP contribution in [0.1, 0.15) is 19.4 Å². The van der Waals surface area contributed by atoms with E-state index in [2.05, 4.69) is 35.7 Å². The first-order valence-electron chi connectivity index (χ1n) is 6.81. The monoisotopic (exact) mass is 443 g/mol. The molecule has 3 nitrogen and oxygen atoms in total. The van der Waals surface area contributed by atoms with Crippen LogP contribution >= 0.6 is 35.7 Å². The van der Waals surface area contributed by atoms with Crippen LogP contribution in [0.15, 0.2) is 23.2 Å². The molecule has 0 atom stereocenters. The fourth-order valence-electron chi connectivity index (χ4n) is 1.64. The van der Waals surface area contributed by atoms with Crippen LogP contribution in [0.3, 0.4) is 0 Å². The van der Waals surface area contributed by atoms with E-state index in [1.165, 1.54) is 6.07 Å². The number of benzene rings is 1. The van der Waals surface area contributed by atoms with E-state index in [-0.39, 0.29) is 34.5 Å². The summed E-state index contributed by atoms with van der Waals surface area (Å²) in [5.41, 5.74) is 0.363. The highest BCUT2D eigenvalue weighted by Gasteiger charge is 2.16. The first-order valence-corrected chi connectivity index (χ1v) is 8.04. The molecule has 22 heavy (non-hydrogen) atoms. The summed E-state index contributed by atoms with van der Waals surface area (Å²) in [6.07, 6.45) is 2.46. The number of guanidine groups is 1. The average Bonchev–Trinajstić information content (AvgIpc) is 2.46. The van der Waals surface area contributed by atoms with Crippen LogP contribution < -0.4 is 10.6 Å². The van der Waals surface area contributed by atoms with Gasteiger partial charge in [0.2, 0.25) is 0 Å². The van der Waals surface area contributed by atoms with Crippen molar-refractivity contribution in [2.24, 2.45) is 4.99 Å². The molecular weight excluding hydrogens is 419 g/mol. The number of hydrogen-bond donors (Lipinski definition) is 2. The van der Waals surface area contributed by atoms with Crippen LogP contribution in [-0.2, 0) is 6.42 Å². The van der Waals surface area contributed by atoms with Crippen molar-refractivity contribution in [3.8, 4) is 0 Å². The second kappa shape index (κ2) is 10.3. The van der Waals surface area contributed by atoms with E-state index >= 15 is 0 Å². The first-order chi connectivity index (χ1) is 9.88. The molecule has 0 aliphatic carbocycles. The molecule has 0 unspecified atom stereocenters. The summed E-state index contributed by atoms with van der Waals surface area (Å²) in [6, 6.07) is 3.50. The van der Waals surface area contributed by atoms with Crippen molar-refractivity contribution >= 4 is 41.7 Å². The Morgan fingerprint density at radius 2 is 1.95 bits per heavy atom. The van der Waals surface area contributed by atoms with E-state index in [1.807, 2.05) is 0 Å². The molecule has 0 spiro atoms. The van der Waals surface area contributed by atoms with Crippen molar-refractivity contribution in [1.82, 2.24) is 10.6 Å². The van der Waals surface area contributed by atoms with E-state index in [1.54, 1.807) is 18.8 Å². The fourth-order valence-corrected chi connectivity index (χ4v) is 1.86. The van der Waals surface area contributed by atoms with Gasteiger partial charge in [-0.25, -0.2) is 8.78 Å². The molecule has 0 saturated heterocycles. The summed E-state index contributed by atoms with van der Waals surface area (Å²) in [5, 5.41) is 6.32. The van der Waals surface area contributed by atoms with Gasteiger partial charge in [-0.15, -0.1) is 24.0 Å². The van der Waals surface area contributed by atoms with Crippen molar-refractivity contribution in [1.29, 1.82) is 0 Å². The smallest absolute Gasteiger partial charge is 0.191 e. The molecule has 0 saturated carbocycles. The van der Waals surface area contributed by atoms with Gasteiger partial charge in [0.1, 0.15) is 11.6 Å². The molecule has 126 valence electrons. The molecule has 0 amide bonds. The van der Waals surface area contributed by atoms with Crippen LogP contribution in [0.2, 0.25) is 0 Å². The van der Waals surface area contributed by atoms with Gasteiger partial charge in [-0.05, 0) is 50.3 Å². The second-order valence-corrected chi connectivity index (χ2v) is 6.82. The largest absolute Gasteiger partial charge is 0.356 e. The molecule has 0 fully saturated rings. The highest BCUT2D eigenvalue weighted by Crippen LogP contribution is 2.19. The number of hydrogen-bond acceptors (Lipinski definition) is 2. The average molecular weight is 443 g/mol. The summed E-state index contributed by atoms with van der Waals surface area (Å²) in [6.45, 7) is 5.53. The van der Waals surface area contributed by atoms with Gasteiger partial charge in [-0.2, -0.15) is 11.8 Å². The molecule has 1 rings (SSSR count). The highest BCUT2D eigenvalue weighted by atomic mass is 127. The summed E-state index contributed by atoms with van der Waals surface area (Å²) < 4.78 is 26.7. The first kappa shape index (κ1) is 21.4. The Morgan fingerprint density at radius 3 is 2.55 bits per heavy atom. The Hall–Kier alpha value is -0.570. The lowest BCUT2D eigenvalue weighted by Gasteiger charge is -2.23. The Morgan fingerprint density at radius 1 is 1.27 bits per heavy atom. The standard InChI is InChI=1S/C15H23F2N3S.HI/c1-15(2,21-4)10-20-14(18-3)19-8-7-11-9-12(16)5-6-13(11)17;/h5-6,9H,7-8,10H2,1-4H3,(H2,18,19,20);1H. The normalized spacial score (nSPS) is 11.8. The molecule has 1 aromatic carbocycles. The maximum absolute atomic E-state index is 13.5. The highest BCUT2D eigenvalue weighted by molar-refractivity contribution is 14.0. The predicted octanol–water partition coefficient (Wildman–Crippen LogP) is 3.43. The van der Waals surface area contributed by atoms with Crippen LogP contribution in [-0.4, -0.2) is 37.1 Å². The van der Waals surface area contributed by atoms with Gasteiger partial charge >= 0.3 is 0 Å². The van der Waals surface area contributed by atoms with Crippen LogP contribution in [0.4, 0.5) is 8.78 Å². The molecule has 0 aliphatic rings. The van der Waals surface area contributed by atoms with Gasteiger partial charge in [0, 0.05) is 24.9 Å². The fraction of sp³-hybridized carbons (Fsp3) is 0.533. The number of nitrogens with zero attached hydrogens (tertiary/aromatic N) is 1. The molecule has 7 heteroatoms. The van der Waals surface area contributed by atoms with Gasteiger partial charge in [0.05, 0.1) is 0 Å². The molecule has 0 radical (unpaired) electrons. The van der Waals surface area contributed by atoms with Gasteiger partial charge in [-0.1, -0.05) is 0 Å². The van der Waals surface area contributed by atoms with Crippen molar-refractivity contribution in [2.75, 3.05) is 26.4 Å². The number of nitrogens with one attached hydrogen (secondary N) is 2. The van der Waals surface area contributed by atoms with Gasteiger partial charge < -0.3 is 10.6 Å². The maximum atomic E-state index is 13.5. The van der Waals surface area contributed by atoms with Gasteiger partial charge in [0.25, 0.3) is 0 Å². The van der Waals surface area contributed by atoms with Crippen LogP contribution in [0, 0.1) is 11.6 Å². The lowest BCUT2D eigenvalue weighted by Crippen LogP contribution is -2.43. The van der Waals surface area contributed by atoms with E-state index in [0.717, 1.165) is 18.7 Å². The molecule has 0 aliphatic heterocycles. The van der Waals surface area contributed by atoms with Crippen molar-refractivity contribution in [3.05, 3.63) is 35.4 Å². The third-order valence-corrected chi connectivity index (χ3v) is 4.40. The SMILES string of the molecule is CN=C(NCCc1cc(F)ccc1F)NCC(C)(C)SC.I. The van der Waals surface area contributed by atoms with Gasteiger partial charge in [0.15, 0.2) is 5.96 Å². The molecule has 0 bridgehead atoms. The minimum atomic E-state index is -0.421. The van der Waals surface area contributed by atoms with E-state index in [0.29, 0.717) is 24.5 Å². The van der Waals surface area contributed by atoms with Crippen molar-refractivity contribution in [2.45, 2.75) is 25.0 Å². The summed E-state index contributed by atoms with van der Waals surface area (Å²) >= 11 is 1.77. The summed E-state index contributed by atoms with van der Waals surface area (Å²) in [4.78, 5) is 4.11. The lowest BCUT2D eigenvalue weighted by molar-refractivity contribution is 0.582. The predicted molar refractivity (Wildman–Crippen MR) is 102 cm³/mol. The zero-order valence-corrected chi connectivity index (χ0v) is 16.5. The zero-order valence-electron chi connectivity index (χ0n) is 13.4. The number of aliphatic imine (C=N–C) groups is 1. The molecule has 2 N–H and O–H groups in total. The number of thioether (sulfide) groups is 1. The number of halogens is 3. The summed E-state index contributed by atoms with van der Waals surface area (Å²) in [5.74, 6) is -0.144. The Balaban J connectivity index is 0.00000441. The zero-order chi connectivity index (χ0) is 15.9. The second-order valence-electron chi connectivity index (χ2n) is 5.30. The molecule has 0 aromatic heterocycles. The molecule has 1 aromatic rings. The maximum Gasteiger partial charge on any atom is 0.191 e. The number of rotatable bonds is 6. The minimum Gasteiger partial charge on any atom is -0.356 e. The van der Waals surface area contributed by atoms with E-state index in [9.17, 15) is 8.78 Å². The lowest BCUT2D eigenvalue weighted by atomic mass is 10.1. The van der Waals surface area contributed by atoms with Crippen LogP contribution in [0.5, 0.6) is 0 Å². The minimum absolute atomic E-state index is 0. The Bertz CT molecular complexity index is 496. The molecule has 0 heterocycles. The van der Waals surface area contributed by atoms with Crippen LogP contribution in [0.25, 0.3) is 0 Å². The Labute approximate surface area is 152 Å². The third-order valence-electron chi connectivity index (χ3n) is 3.15. The third kappa shape index (κ3) is 7.62. The van der Waals surface area contributed by atoms with E-state index in [4.69, 9.17) is 0 Å². The Kier molecular flexibility index (Phi) is 9.99. The summed E-state index contributed by atoms with van der Waals surface area (Å²) in [7, 11) is 1.68.